The van der Waals surface area contributed by atoms with Gasteiger partial charge in [0.2, 0.25) is 0 Å². The third kappa shape index (κ3) is 3.09. The summed E-state index contributed by atoms with van der Waals surface area (Å²) in [5.74, 6) is 2.25. The Morgan fingerprint density at radius 3 is 2.34 bits per heavy atom. The van der Waals surface area contributed by atoms with Crippen molar-refractivity contribution in [1.29, 1.82) is 0 Å². The third-order valence-electron chi connectivity index (χ3n) is 13.7. The predicted molar refractivity (Wildman–Crippen MR) is 142 cm³/mol. The average Bonchev–Trinajstić information content (AvgIpc) is 2.79. The molecule has 0 aromatic carbocycles. The maximum absolute atomic E-state index is 12.9. The summed E-state index contributed by atoms with van der Waals surface area (Å²) in [5, 5.41) is 21.8. The second kappa shape index (κ2) is 7.98. The number of carbonyl (C=O) groups is 1. The van der Waals surface area contributed by atoms with Crippen molar-refractivity contribution in [2.45, 2.75) is 106 Å². The topological polar surface area (TPSA) is 57.5 Å². The van der Waals surface area contributed by atoms with Crippen molar-refractivity contribution in [2.75, 3.05) is 5.88 Å². The molecule has 0 bridgehead atoms. The Kier molecular flexibility index (Phi) is 5.95. The van der Waals surface area contributed by atoms with Crippen LogP contribution in [0.5, 0.6) is 0 Å². The largest absolute Gasteiger partial charge is 0.481 e. The molecule has 0 spiro atoms. The zero-order chi connectivity index (χ0) is 25.8. The minimum atomic E-state index is -0.581. The normalized spacial score (nSPS) is 55.0. The number of aliphatic hydroxyl groups is 1. The summed E-state index contributed by atoms with van der Waals surface area (Å²) < 4.78 is 0. The van der Waals surface area contributed by atoms with Crippen molar-refractivity contribution in [3.63, 3.8) is 0 Å². The van der Waals surface area contributed by atoms with E-state index in [9.17, 15) is 15.0 Å². The molecule has 5 aliphatic rings. The molecule has 0 aromatic heterocycles. The molecule has 0 heterocycles. The molecule has 11 atom stereocenters. The van der Waals surface area contributed by atoms with Crippen LogP contribution in [0.1, 0.15) is 99.8 Å². The number of carboxylic acid groups (broad SMARTS) is 1. The number of rotatable bonds is 2. The van der Waals surface area contributed by atoms with Gasteiger partial charge in [-0.05, 0) is 109 Å². The minimum absolute atomic E-state index is 0.0372. The highest BCUT2D eigenvalue weighted by Gasteiger charge is 2.70. The van der Waals surface area contributed by atoms with Crippen molar-refractivity contribution in [3.05, 3.63) is 11.6 Å². The van der Waals surface area contributed by atoms with E-state index in [2.05, 4.69) is 54.5 Å². The summed E-state index contributed by atoms with van der Waals surface area (Å²) in [7, 11) is 0. The first kappa shape index (κ1) is 26.1. The zero-order valence-electron chi connectivity index (χ0n) is 23.2. The van der Waals surface area contributed by atoms with Crippen molar-refractivity contribution in [2.24, 2.45) is 62.6 Å². The molecule has 5 rings (SSSR count). The fourth-order valence-electron chi connectivity index (χ4n) is 11.4. The quantitative estimate of drug-likeness (QED) is 0.301. The molecular formula is C31H49ClO3. The number of carboxylic acids is 1. The highest BCUT2D eigenvalue weighted by molar-refractivity contribution is 6.18. The van der Waals surface area contributed by atoms with Crippen molar-refractivity contribution < 1.29 is 15.0 Å². The second-order valence-corrected chi connectivity index (χ2v) is 15.3. The van der Waals surface area contributed by atoms with E-state index in [1.807, 2.05) is 0 Å². The van der Waals surface area contributed by atoms with Crippen molar-refractivity contribution >= 4 is 17.6 Å². The van der Waals surface area contributed by atoms with E-state index in [0.717, 1.165) is 44.9 Å². The molecule has 3 nitrogen and oxygen atoms in total. The van der Waals surface area contributed by atoms with Gasteiger partial charge in [0, 0.05) is 5.88 Å². The van der Waals surface area contributed by atoms with Gasteiger partial charge in [-0.15, -0.1) is 11.6 Å². The smallest absolute Gasteiger partial charge is 0.310 e. The molecular weight excluding hydrogens is 456 g/mol. The van der Waals surface area contributed by atoms with Crippen LogP contribution in [-0.2, 0) is 4.79 Å². The van der Waals surface area contributed by atoms with Gasteiger partial charge in [0.15, 0.2) is 0 Å². The Balaban J connectivity index is 1.62. The number of halogens is 1. The fraction of sp³-hybridized carbons (Fsp3) is 0.903. The van der Waals surface area contributed by atoms with Gasteiger partial charge in [-0.2, -0.15) is 0 Å². The van der Waals surface area contributed by atoms with E-state index in [1.54, 1.807) is 0 Å². The second-order valence-electron chi connectivity index (χ2n) is 15.0. The van der Waals surface area contributed by atoms with Crippen LogP contribution >= 0.6 is 11.6 Å². The van der Waals surface area contributed by atoms with Gasteiger partial charge in [-0.3, -0.25) is 4.79 Å². The van der Waals surface area contributed by atoms with Crippen LogP contribution in [0.2, 0.25) is 0 Å². The van der Waals surface area contributed by atoms with Gasteiger partial charge >= 0.3 is 5.97 Å². The highest BCUT2D eigenvalue weighted by Crippen LogP contribution is 2.76. The van der Waals surface area contributed by atoms with E-state index in [-0.39, 0.29) is 39.6 Å². The standard InChI is InChI=1S/C31H49ClO3/c1-18-10-13-31(26(34)35)15-14-29(6)21(24(31)19(18)2)8-9-23-28(5)16-20(17-32)25(33)27(3,4)22(28)11-12-30(23,29)7/h8,18-20,22-25,33H,9-17H2,1-7H3,(H,34,35)/t18-,19+,20+,22?,23?,24+,25+,28+,29-,30-,31+/m1/s1. The van der Waals surface area contributed by atoms with Gasteiger partial charge < -0.3 is 10.2 Å². The molecule has 0 aromatic rings. The highest BCUT2D eigenvalue weighted by atomic mass is 35.5. The molecule has 0 radical (unpaired) electrons. The molecule has 5 aliphatic carbocycles. The molecule has 2 unspecified atom stereocenters. The Morgan fingerprint density at radius 2 is 1.71 bits per heavy atom. The van der Waals surface area contributed by atoms with Crippen LogP contribution in [0.25, 0.3) is 0 Å². The summed E-state index contributed by atoms with van der Waals surface area (Å²) in [5.41, 5.74) is 1.08. The van der Waals surface area contributed by atoms with E-state index < -0.39 is 11.4 Å². The third-order valence-corrected chi connectivity index (χ3v) is 14.1. The first-order valence-electron chi connectivity index (χ1n) is 14.4. The van der Waals surface area contributed by atoms with Crippen LogP contribution in [0.4, 0.5) is 0 Å². The molecule has 198 valence electrons. The number of alkyl halides is 1. The molecule has 0 aliphatic heterocycles. The lowest BCUT2D eigenvalue weighted by Gasteiger charge is -2.72. The zero-order valence-corrected chi connectivity index (χ0v) is 23.9. The minimum Gasteiger partial charge on any atom is -0.481 e. The summed E-state index contributed by atoms with van der Waals surface area (Å²) >= 11 is 6.47. The first-order valence-corrected chi connectivity index (χ1v) is 14.9. The molecule has 35 heavy (non-hydrogen) atoms. The average molecular weight is 505 g/mol. The molecule has 0 saturated heterocycles. The van der Waals surface area contributed by atoms with Gasteiger partial charge in [0.05, 0.1) is 11.5 Å². The van der Waals surface area contributed by atoms with E-state index >= 15 is 0 Å². The van der Waals surface area contributed by atoms with Gasteiger partial charge in [0.1, 0.15) is 0 Å². The summed E-state index contributed by atoms with van der Waals surface area (Å²) in [6.07, 6.45) is 10.2. The van der Waals surface area contributed by atoms with E-state index in [1.165, 1.54) is 12.0 Å². The number of fused-ring (bicyclic) bond motifs is 7. The van der Waals surface area contributed by atoms with E-state index in [0.29, 0.717) is 29.6 Å². The lowest BCUT2D eigenvalue weighted by atomic mass is 9.33. The number of aliphatic hydroxyl groups excluding tert-OH is 1. The summed E-state index contributed by atoms with van der Waals surface area (Å²) in [6.45, 7) is 16.8. The number of aliphatic carboxylic acids is 1. The Bertz CT molecular complexity index is 926. The van der Waals surface area contributed by atoms with Gasteiger partial charge in [-0.25, -0.2) is 0 Å². The molecule has 4 heteroatoms. The monoisotopic (exact) mass is 504 g/mol. The SMILES string of the molecule is C[C@H]1[C@H](C)CC[C@]2(C(=O)O)CC[C@]3(C)C(=CCC4[C@@]5(C)C[C@@H](CCl)[C@H](O)C(C)(C)C5CC[C@]43C)[C@H]12. The number of hydrogen-bond acceptors (Lipinski definition) is 2. The fourth-order valence-corrected chi connectivity index (χ4v) is 11.6. The molecule has 4 fully saturated rings. The Labute approximate surface area is 218 Å². The summed E-state index contributed by atoms with van der Waals surface area (Å²) in [4.78, 5) is 12.9. The van der Waals surface area contributed by atoms with Crippen LogP contribution in [0, 0.1) is 62.6 Å². The van der Waals surface area contributed by atoms with Crippen LogP contribution < -0.4 is 0 Å². The number of hydrogen-bond donors (Lipinski definition) is 2. The number of allylic oxidation sites excluding steroid dienone is 2. The lowest BCUT2D eigenvalue weighted by molar-refractivity contribution is -0.218. The molecule has 4 saturated carbocycles. The first-order chi connectivity index (χ1) is 16.2. The van der Waals surface area contributed by atoms with Crippen LogP contribution in [-0.4, -0.2) is 28.2 Å². The summed E-state index contributed by atoms with van der Waals surface area (Å²) in [6, 6.07) is 0. The predicted octanol–water partition coefficient (Wildman–Crippen LogP) is 7.55. The van der Waals surface area contributed by atoms with Crippen molar-refractivity contribution in [1.82, 2.24) is 0 Å². The lowest BCUT2D eigenvalue weighted by Crippen LogP contribution is -2.66. The van der Waals surface area contributed by atoms with E-state index in [4.69, 9.17) is 11.6 Å². The van der Waals surface area contributed by atoms with Crippen molar-refractivity contribution in [3.8, 4) is 0 Å². The maximum Gasteiger partial charge on any atom is 0.310 e. The molecule has 2 N–H and O–H groups in total. The Hall–Kier alpha value is -0.540. The van der Waals surface area contributed by atoms with Gasteiger partial charge in [-0.1, -0.05) is 60.1 Å². The van der Waals surface area contributed by atoms with Crippen LogP contribution in [0.15, 0.2) is 11.6 Å². The Morgan fingerprint density at radius 1 is 1.03 bits per heavy atom. The maximum atomic E-state index is 12.9. The van der Waals surface area contributed by atoms with Crippen LogP contribution in [0.3, 0.4) is 0 Å². The van der Waals surface area contributed by atoms with Gasteiger partial charge in [0.25, 0.3) is 0 Å². The molecule has 0 amide bonds.